The van der Waals surface area contributed by atoms with Crippen LogP contribution in [-0.2, 0) is 4.79 Å². The highest BCUT2D eigenvalue weighted by molar-refractivity contribution is 5.80. The van der Waals surface area contributed by atoms with Gasteiger partial charge in [0.25, 0.3) is 0 Å². The van der Waals surface area contributed by atoms with Crippen LogP contribution in [0.5, 0.6) is 0 Å². The number of hydrogen-bond acceptors (Lipinski definition) is 1. The molecule has 2 nitrogen and oxygen atoms in total. The summed E-state index contributed by atoms with van der Waals surface area (Å²) < 4.78 is 0. The summed E-state index contributed by atoms with van der Waals surface area (Å²) in [6.07, 6.45) is 7.87. The number of nitrogens with one attached hydrogen (secondary N) is 1. The van der Waals surface area contributed by atoms with Crippen molar-refractivity contribution in [3.8, 4) is 0 Å². The van der Waals surface area contributed by atoms with Gasteiger partial charge in [-0.05, 0) is 61.7 Å². The highest BCUT2D eigenvalue weighted by Gasteiger charge is 2.61. The molecular formula is C14H21NO. The van der Waals surface area contributed by atoms with Gasteiger partial charge in [-0.25, -0.2) is 0 Å². The van der Waals surface area contributed by atoms with Gasteiger partial charge in [0.1, 0.15) is 0 Å². The Labute approximate surface area is 97.2 Å². The Morgan fingerprint density at radius 1 is 1.06 bits per heavy atom. The van der Waals surface area contributed by atoms with Crippen molar-refractivity contribution in [1.82, 2.24) is 5.32 Å². The summed E-state index contributed by atoms with van der Waals surface area (Å²) in [6, 6.07) is 0. The Balaban J connectivity index is 1.76. The molecule has 0 aromatic heterocycles. The van der Waals surface area contributed by atoms with Gasteiger partial charge >= 0.3 is 0 Å². The molecule has 5 fully saturated rings. The summed E-state index contributed by atoms with van der Waals surface area (Å²) in [4.78, 5) is 11.7. The lowest BCUT2D eigenvalue weighted by atomic mass is 9.46. The highest BCUT2D eigenvalue weighted by atomic mass is 16.2. The van der Waals surface area contributed by atoms with Crippen molar-refractivity contribution < 1.29 is 4.79 Å². The maximum atomic E-state index is 11.7. The molecule has 1 heterocycles. The molecule has 16 heavy (non-hydrogen) atoms. The molecule has 1 amide bonds. The van der Waals surface area contributed by atoms with Gasteiger partial charge in [-0.2, -0.15) is 0 Å². The van der Waals surface area contributed by atoms with E-state index in [1.54, 1.807) is 0 Å². The van der Waals surface area contributed by atoms with Crippen LogP contribution in [0.1, 0.15) is 45.4 Å². The molecule has 0 radical (unpaired) electrons. The van der Waals surface area contributed by atoms with Crippen LogP contribution in [0.2, 0.25) is 0 Å². The Morgan fingerprint density at radius 3 is 2.06 bits per heavy atom. The van der Waals surface area contributed by atoms with Gasteiger partial charge in [0.2, 0.25) is 5.91 Å². The van der Waals surface area contributed by atoms with E-state index in [9.17, 15) is 4.79 Å². The summed E-state index contributed by atoms with van der Waals surface area (Å²) in [5.41, 5.74) is 0.227. The molecule has 88 valence electrons. The zero-order valence-electron chi connectivity index (χ0n) is 10.0. The van der Waals surface area contributed by atoms with Crippen molar-refractivity contribution >= 4 is 5.91 Å². The van der Waals surface area contributed by atoms with Gasteiger partial charge in [0.15, 0.2) is 0 Å². The number of amides is 1. The summed E-state index contributed by atoms with van der Waals surface area (Å²) >= 11 is 0. The van der Waals surface area contributed by atoms with E-state index in [0.717, 1.165) is 30.1 Å². The van der Waals surface area contributed by atoms with Crippen molar-refractivity contribution in [3.05, 3.63) is 0 Å². The van der Waals surface area contributed by atoms with Crippen molar-refractivity contribution in [2.24, 2.45) is 29.6 Å². The van der Waals surface area contributed by atoms with E-state index in [2.05, 4.69) is 12.2 Å². The molecule has 1 aliphatic heterocycles. The standard InChI is InChI=1S/C14H21NO/c1-8-2-13(16)15-14(8)11-4-9-3-10(6-11)7-12(14)5-9/h8-12H,2-7H2,1H3,(H,15,16). The quantitative estimate of drug-likeness (QED) is 0.665. The van der Waals surface area contributed by atoms with E-state index < -0.39 is 0 Å². The van der Waals surface area contributed by atoms with Crippen LogP contribution in [-0.4, -0.2) is 11.4 Å². The van der Waals surface area contributed by atoms with Crippen molar-refractivity contribution in [2.75, 3.05) is 0 Å². The first-order valence-electron chi connectivity index (χ1n) is 6.99. The molecule has 1 atom stereocenters. The zero-order chi connectivity index (χ0) is 10.9. The lowest BCUT2D eigenvalue weighted by Crippen LogP contribution is -2.65. The molecule has 0 aromatic carbocycles. The molecule has 1 unspecified atom stereocenters. The normalized spacial score (nSPS) is 58.3. The number of hydrogen-bond donors (Lipinski definition) is 1. The highest BCUT2D eigenvalue weighted by Crippen LogP contribution is 2.61. The molecule has 2 heteroatoms. The minimum Gasteiger partial charge on any atom is -0.350 e. The monoisotopic (exact) mass is 219 g/mol. The van der Waals surface area contributed by atoms with Crippen LogP contribution in [0.4, 0.5) is 0 Å². The van der Waals surface area contributed by atoms with Crippen LogP contribution >= 0.6 is 0 Å². The predicted molar refractivity (Wildman–Crippen MR) is 61.7 cm³/mol. The Bertz CT molecular complexity index is 321. The van der Waals surface area contributed by atoms with E-state index in [1.807, 2.05) is 0 Å². The molecule has 1 saturated heterocycles. The Hall–Kier alpha value is -0.530. The third-order valence-corrected chi connectivity index (χ3v) is 6.15. The van der Waals surface area contributed by atoms with Crippen LogP contribution in [0.15, 0.2) is 0 Å². The second-order valence-corrected chi connectivity index (χ2v) is 6.89. The van der Waals surface area contributed by atoms with E-state index >= 15 is 0 Å². The van der Waals surface area contributed by atoms with Gasteiger partial charge in [-0.1, -0.05) is 6.92 Å². The van der Waals surface area contributed by atoms with Crippen LogP contribution in [0, 0.1) is 29.6 Å². The van der Waals surface area contributed by atoms with Gasteiger partial charge in [-0.15, -0.1) is 0 Å². The van der Waals surface area contributed by atoms with E-state index in [1.165, 1.54) is 32.1 Å². The average molecular weight is 219 g/mol. The summed E-state index contributed by atoms with van der Waals surface area (Å²) in [5, 5.41) is 3.42. The average Bonchev–Trinajstić information content (AvgIpc) is 2.50. The maximum absolute atomic E-state index is 11.7. The number of rotatable bonds is 0. The second kappa shape index (κ2) is 2.83. The van der Waals surface area contributed by atoms with Crippen molar-refractivity contribution in [1.29, 1.82) is 0 Å². The smallest absolute Gasteiger partial charge is 0.220 e. The Morgan fingerprint density at radius 2 is 1.62 bits per heavy atom. The molecule has 1 spiro atoms. The minimum absolute atomic E-state index is 0.227. The SMILES string of the molecule is CC1CC(=O)NC12C1CC3CC(C1)CC2C3. The first-order valence-corrected chi connectivity index (χ1v) is 6.99. The maximum Gasteiger partial charge on any atom is 0.220 e. The number of carbonyl (C=O) groups excluding carboxylic acids is 1. The third kappa shape index (κ3) is 0.970. The fourth-order valence-electron chi connectivity index (χ4n) is 5.84. The molecule has 4 bridgehead atoms. The molecule has 4 aliphatic carbocycles. The lowest BCUT2D eigenvalue weighted by Gasteiger charge is -2.61. The van der Waals surface area contributed by atoms with E-state index in [-0.39, 0.29) is 5.54 Å². The molecule has 1 N–H and O–H groups in total. The minimum atomic E-state index is 0.227. The van der Waals surface area contributed by atoms with Crippen molar-refractivity contribution in [2.45, 2.75) is 51.0 Å². The third-order valence-electron chi connectivity index (χ3n) is 6.15. The van der Waals surface area contributed by atoms with Gasteiger partial charge in [0, 0.05) is 12.0 Å². The van der Waals surface area contributed by atoms with Gasteiger partial charge < -0.3 is 5.32 Å². The van der Waals surface area contributed by atoms with Crippen molar-refractivity contribution in [3.63, 3.8) is 0 Å². The molecule has 5 aliphatic rings. The van der Waals surface area contributed by atoms with E-state index in [4.69, 9.17) is 0 Å². The van der Waals surface area contributed by atoms with Crippen LogP contribution in [0.3, 0.4) is 0 Å². The first-order chi connectivity index (χ1) is 7.68. The fourth-order valence-corrected chi connectivity index (χ4v) is 5.84. The summed E-state index contributed by atoms with van der Waals surface area (Å²) in [5.74, 6) is 4.51. The summed E-state index contributed by atoms with van der Waals surface area (Å²) in [7, 11) is 0. The molecular weight excluding hydrogens is 198 g/mol. The predicted octanol–water partition coefficient (Wildman–Crippen LogP) is 2.34. The van der Waals surface area contributed by atoms with Gasteiger partial charge in [0.05, 0.1) is 0 Å². The van der Waals surface area contributed by atoms with Crippen LogP contribution < -0.4 is 5.32 Å². The molecule has 4 saturated carbocycles. The van der Waals surface area contributed by atoms with E-state index in [0.29, 0.717) is 11.8 Å². The summed E-state index contributed by atoms with van der Waals surface area (Å²) in [6.45, 7) is 2.31. The molecule has 5 rings (SSSR count). The fraction of sp³-hybridized carbons (Fsp3) is 0.929. The van der Waals surface area contributed by atoms with Crippen LogP contribution in [0.25, 0.3) is 0 Å². The Kier molecular flexibility index (Phi) is 1.68. The topological polar surface area (TPSA) is 29.1 Å². The van der Waals surface area contributed by atoms with Gasteiger partial charge in [-0.3, -0.25) is 4.79 Å². The number of carbonyl (C=O) groups is 1. The lowest BCUT2D eigenvalue weighted by molar-refractivity contribution is -0.124. The molecule has 0 aromatic rings. The largest absolute Gasteiger partial charge is 0.350 e. The zero-order valence-corrected chi connectivity index (χ0v) is 10.0. The second-order valence-electron chi connectivity index (χ2n) is 6.89. The first kappa shape index (κ1) is 9.49.